The summed E-state index contributed by atoms with van der Waals surface area (Å²) in [6, 6.07) is -0.394. The first-order valence-electron chi connectivity index (χ1n) is 5.88. The number of carbonyl (C=O) groups excluding carboxylic acids is 2. The third-order valence-corrected chi connectivity index (χ3v) is 3.47. The molecule has 4 nitrogen and oxygen atoms in total. The Bertz CT molecular complexity index is 343. The molecule has 0 radical (unpaired) electrons. The van der Waals surface area contributed by atoms with Crippen molar-refractivity contribution in [2.75, 3.05) is 6.54 Å². The second-order valence-electron chi connectivity index (χ2n) is 4.42. The minimum Gasteiger partial charge on any atom is -0.340 e. The first-order chi connectivity index (χ1) is 8.00. The Morgan fingerprint density at radius 3 is 2.59 bits per heavy atom. The predicted octanol–water partition coefficient (Wildman–Crippen LogP) is 1.64. The molecular weight excluding hydrogens is 240 g/mol. The molecule has 1 aliphatic rings. The number of piperazine rings is 1. The van der Waals surface area contributed by atoms with E-state index in [0.29, 0.717) is 19.4 Å². The summed E-state index contributed by atoms with van der Waals surface area (Å²) >= 11 is 5.48. The number of amides is 2. The van der Waals surface area contributed by atoms with E-state index in [9.17, 15) is 9.59 Å². The van der Waals surface area contributed by atoms with Crippen LogP contribution in [-0.2, 0) is 9.59 Å². The lowest BCUT2D eigenvalue weighted by molar-refractivity contribution is -0.153. The average molecular weight is 259 g/mol. The zero-order valence-electron chi connectivity index (χ0n) is 10.5. The maximum Gasteiger partial charge on any atom is 0.248 e. The monoisotopic (exact) mass is 258 g/mol. The fraction of sp³-hybridized carbons (Fsp3) is 0.667. The summed E-state index contributed by atoms with van der Waals surface area (Å²) in [6.07, 6.45) is 2.86. The topological polar surface area (TPSA) is 49.4 Å². The zero-order valence-corrected chi connectivity index (χ0v) is 11.3. The lowest BCUT2D eigenvalue weighted by Gasteiger charge is -2.43. The second-order valence-corrected chi connectivity index (χ2v) is 4.67. The molecule has 2 unspecified atom stereocenters. The van der Waals surface area contributed by atoms with Crippen molar-refractivity contribution in [3.63, 3.8) is 0 Å². The average Bonchev–Trinajstić information content (AvgIpc) is 2.31. The number of hydrogen-bond donors (Lipinski definition) is 1. The van der Waals surface area contributed by atoms with Gasteiger partial charge in [-0.2, -0.15) is 0 Å². The van der Waals surface area contributed by atoms with Crippen LogP contribution in [0.3, 0.4) is 0 Å². The van der Waals surface area contributed by atoms with Gasteiger partial charge in [0.05, 0.1) is 0 Å². The van der Waals surface area contributed by atoms with E-state index in [4.69, 9.17) is 11.6 Å². The largest absolute Gasteiger partial charge is 0.340 e. The van der Waals surface area contributed by atoms with Gasteiger partial charge in [0.15, 0.2) is 0 Å². The van der Waals surface area contributed by atoms with E-state index in [-0.39, 0.29) is 11.8 Å². The van der Waals surface area contributed by atoms with Crippen molar-refractivity contribution in [2.45, 2.75) is 45.2 Å². The van der Waals surface area contributed by atoms with E-state index in [2.05, 4.69) is 5.32 Å². The Morgan fingerprint density at radius 1 is 1.47 bits per heavy atom. The Labute approximate surface area is 107 Å². The number of carbonyl (C=O) groups is 2. The van der Waals surface area contributed by atoms with Gasteiger partial charge < -0.3 is 10.2 Å². The van der Waals surface area contributed by atoms with Gasteiger partial charge in [0.1, 0.15) is 11.6 Å². The smallest absolute Gasteiger partial charge is 0.248 e. The van der Waals surface area contributed by atoms with Gasteiger partial charge in [-0.1, -0.05) is 31.5 Å². The summed E-state index contributed by atoms with van der Waals surface area (Å²) in [5.41, 5.74) is 0.582. The fourth-order valence-electron chi connectivity index (χ4n) is 2.02. The van der Waals surface area contributed by atoms with Crippen LogP contribution in [-0.4, -0.2) is 34.8 Å². The van der Waals surface area contributed by atoms with Crippen LogP contribution < -0.4 is 5.32 Å². The van der Waals surface area contributed by atoms with Crippen molar-refractivity contribution in [2.24, 2.45) is 0 Å². The van der Waals surface area contributed by atoms with Crippen LogP contribution in [0.15, 0.2) is 11.6 Å². The first kappa shape index (κ1) is 14.0. The van der Waals surface area contributed by atoms with Crippen molar-refractivity contribution >= 4 is 23.4 Å². The molecule has 1 saturated heterocycles. The molecule has 0 aliphatic carbocycles. The number of rotatable bonds is 4. The van der Waals surface area contributed by atoms with Crippen LogP contribution in [0, 0.1) is 0 Å². The summed E-state index contributed by atoms with van der Waals surface area (Å²) in [4.78, 5) is 25.9. The van der Waals surface area contributed by atoms with Crippen molar-refractivity contribution in [3.05, 3.63) is 11.6 Å². The number of hydrogen-bond acceptors (Lipinski definition) is 2. The third kappa shape index (κ3) is 2.63. The summed E-state index contributed by atoms with van der Waals surface area (Å²) in [5, 5.41) is 2.81. The molecule has 1 N–H and O–H groups in total. The normalized spacial score (nSPS) is 29.9. The maximum absolute atomic E-state index is 12.3. The van der Waals surface area contributed by atoms with Crippen molar-refractivity contribution in [3.8, 4) is 0 Å². The number of halogens is 1. The highest BCUT2D eigenvalue weighted by Gasteiger charge is 2.45. The Balaban J connectivity index is 3.00. The highest BCUT2D eigenvalue weighted by Crippen LogP contribution is 2.22. The molecule has 1 aliphatic heterocycles. The van der Waals surface area contributed by atoms with E-state index >= 15 is 0 Å². The molecule has 0 spiro atoms. The molecule has 5 heteroatoms. The van der Waals surface area contributed by atoms with E-state index in [1.54, 1.807) is 17.9 Å². The summed E-state index contributed by atoms with van der Waals surface area (Å²) in [6.45, 7) is 5.92. The molecule has 0 aromatic rings. The summed E-state index contributed by atoms with van der Waals surface area (Å²) in [5.74, 6) is -0.124. The molecule has 2 amide bonds. The molecule has 0 aromatic heterocycles. The van der Waals surface area contributed by atoms with Gasteiger partial charge in [-0.25, -0.2) is 0 Å². The standard InChI is InChI=1S/C12H19ClN2O2/c1-4-9-10(16)14-12(3,5-2)11(17)15(9)8-6-7-13/h6-7,9H,4-5,8H2,1-3H3,(H,14,16)/b7-6+. The summed E-state index contributed by atoms with van der Waals surface area (Å²) < 4.78 is 0. The predicted molar refractivity (Wildman–Crippen MR) is 67.6 cm³/mol. The van der Waals surface area contributed by atoms with Gasteiger partial charge in [-0.05, 0) is 19.8 Å². The lowest BCUT2D eigenvalue weighted by atomic mass is 9.91. The molecule has 1 heterocycles. The van der Waals surface area contributed by atoms with Crippen LogP contribution in [0.1, 0.15) is 33.6 Å². The van der Waals surface area contributed by atoms with E-state index in [1.807, 2.05) is 13.8 Å². The lowest BCUT2D eigenvalue weighted by Crippen LogP contribution is -2.68. The maximum atomic E-state index is 12.3. The Hall–Kier alpha value is -1.03. The molecule has 0 aromatic carbocycles. The number of nitrogens with zero attached hydrogens (tertiary/aromatic N) is 1. The van der Waals surface area contributed by atoms with E-state index < -0.39 is 11.6 Å². The van der Waals surface area contributed by atoms with Gasteiger partial charge in [-0.15, -0.1) is 0 Å². The van der Waals surface area contributed by atoms with Gasteiger partial charge >= 0.3 is 0 Å². The van der Waals surface area contributed by atoms with Gasteiger partial charge in [-0.3, -0.25) is 9.59 Å². The second kappa shape index (κ2) is 5.54. The van der Waals surface area contributed by atoms with Crippen LogP contribution in [0.4, 0.5) is 0 Å². The molecular formula is C12H19ClN2O2. The van der Waals surface area contributed by atoms with E-state index in [1.165, 1.54) is 5.54 Å². The third-order valence-electron chi connectivity index (χ3n) is 3.30. The molecule has 96 valence electrons. The van der Waals surface area contributed by atoms with E-state index in [0.717, 1.165) is 0 Å². The Kier molecular flexibility index (Phi) is 4.57. The number of nitrogens with one attached hydrogen (secondary N) is 1. The van der Waals surface area contributed by atoms with Gasteiger partial charge in [0.2, 0.25) is 11.8 Å². The SMILES string of the molecule is CCC1C(=O)NC(C)(CC)C(=O)N1C/C=C/Cl. The van der Waals surface area contributed by atoms with Crippen LogP contribution in [0.5, 0.6) is 0 Å². The molecule has 0 saturated carbocycles. The van der Waals surface area contributed by atoms with Crippen LogP contribution in [0.2, 0.25) is 0 Å². The quantitative estimate of drug-likeness (QED) is 0.834. The fourth-order valence-corrected chi connectivity index (χ4v) is 2.10. The molecule has 1 fully saturated rings. The summed E-state index contributed by atoms with van der Waals surface area (Å²) in [7, 11) is 0. The first-order valence-corrected chi connectivity index (χ1v) is 6.32. The molecule has 2 atom stereocenters. The van der Waals surface area contributed by atoms with Crippen LogP contribution in [0.25, 0.3) is 0 Å². The minimum atomic E-state index is -0.789. The van der Waals surface area contributed by atoms with Gasteiger partial charge in [0.25, 0.3) is 0 Å². The zero-order chi connectivity index (χ0) is 13.1. The molecule has 0 bridgehead atoms. The highest BCUT2D eigenvalue weighted by atomic mass is 35.5. The van der Waals surface area contributed by atoms with Crippen molar-refractivity contribution in [1.29, 1.82) is 0 Å². The van der Waals surface area contributed by atoms with Gasteiger partial charge in [0, 0.05) is 12.1 Å². The molecule has 1 rings (SSSR count). The Morgan fingerprint density at radius 2 is 2.12 bits per heavy atom. The minimum absolute atomic E-state index is 0.0405. The highest BCUT2D eigenvalue weighted by molar-refractivity contribution is 6.25. The molecule has 17 heavy (non-hydrogen) atoms. The van der Waals surface area contributed by atoms with Crippen LogP contribution >= 0.6 is 11.6 Å². The van der Waals surface area contributed by atoms with Crippen molar-refractivity contribution in [1.82, 2.24) is 10.2 Å². The van der Waals surface area contributed by atoms with Crippen molar-refractivity contribution < 1.29 is 9.59 Å².